The maximum Gasteiger partial charge on any atom is 0.268 e. The summed E-state index contributed by atoms with van der Waals surface area (Å²) < 4.78 is 23.4. The quantitative estimate of drug-likeness (QED) is 0.0272. The minimum atomic E-state index is -4.62. The first-order valence-corrected chi connectivity index (χ1v) is 33.6. The van der Waals surface area contributed by atoms with Gasteiger partial charge in [0.25, 0.3) is 7.82 Å². The molecule has 0 rings (SSSR count). The van der Waals surface area contributed by atoms with Crippen LogP contribution in [0.3, 0.4) is 0 Å². The Morgan fingerprint density at radius 1 is 0.467 bits per heavy atom. The van der Waals surface area contributed by atoms with Crippen LogP contribution in [-0.4, -0.2) is 68.5 Å². The highest BCUT2D eigenvalue weighted by molar-refractivity contribution is 7.45. The van der Waals surface area contributed by atoms with Crippen molar-refractivity contribution in [2.75, 3.05) is 40.9 Å². The van der Waals surface area contributed by atoms with Gasteiger partial charge >= 0.3 is 0 Å². The van der Waals surface area contributed by atoms with Gasteiger partial charge in [0, 0.05) is 6.42 Å². The predicted molar refractivity (Wildman–Crippen MR) is 325 cm³/mol. The van der Waals surface area contributed by atoms with E-state index in [1.807, 2.05) is 27.2 Å². The third-order valence-corrected chi connectivity index (χ3v) is 15.4. The predicted octanol–water partition coefficient (Wildman–Crippen LogP) is 19.4. The molecule has 0 aromatic carbocycles. The van der Waals surface area contributed by atoms with Gasteiger partial charge in [-0.15, -0.1) is 0 Å². The number of rotatable bonds is 59. The third-order valence-electron chi connectivity index (χ3n) is 14.4. The number of allylic oxidation sites excluding steroid dienone is 9. The van der Waals surface area contributed by atoms with Crippen LogP contribution in [-0.2, 0) is 18.4 Å². The number of amides is 1. The van der Waals surface area contributed by atoms with E-state index in [0.29, 0.717) is 17.4 Å². The Bertz CT molecular complexity index is 1400. The Labute approximate surface area is 466 Å². The lowest BCUT2D eigenvalue weighted by atomic mass is 10.0. The second-order valence-corrected chi connectivity index (χ2v) is 24.5. The van der Waals surface area contributed by atoms with Gasteiger partial charge in [-0.2, -0.15) is 0 Å². The average molecular weight is 1070 g/mol. The number of carbonyl (C=O) groups is 1. The molecule has 0 saturated carbocycles. The lowest BCUT2D eigenvalue weighted by Gasteiger charge is -2.29. The van der Waals surface area contributed by atoms with Crippen LogP contribution >= 0.6 is 7.82 Å². The summed E-state index contributed by atoms with van der Waals surface area (Å²) in [6, 6.07) is -0.914. The number of nitrogens with one attached hydrogen (secondary N) is 1. The second kappa shape index (κ2) is 56.9. The summed E-state index contributed by atoms with van der Waals surface area (Å²) in [5.74, 6) is -0.212. The Morgan fingerprint density at radius 3 is 1.16 bits per heavy atom. The summed E-state index contributed by atoms with van der Waals surface area (Å²) in [6.45, 7) is 4.64. The molecule has 0 aliphatic heterocycles. The lowest BCUT2D eigenvalue weighted by Crippen LogP contribution is -2.45. The molecule has 1 amide bonds. The van der Waals surface area contributed by atoms with Crippen molar-refractivity contribution in [3.63, 3.8) is 0 Å². The van der Waals surface area contributed by atoms with Gasteiger partial charge < -0.3 is 28.8 Å². The molecule has 0 fully saturated rings. The van der Waals surface area contributed by atoms with E-state index in [-0.39, 0.29) is 12.5 Å². The Hall–Kier alpha value is -1.80. The summed E-state index contributed by atoms with van der Waals surface area (Å²) in [7, 11) is 1.24. The van der Waals surface area contributed by atoms with Crippen LogP contribution in [0.15, 0.2) is 60.8 Å². The van der Waals surface area contributed by atoms with Gasteiger partial charge in [0.15, 0.2) is 0 Å². The van der Waals surface area contributed by atoms with Gasteiger partial charge in [0.2, 0.25) is 5.91 Å². The highest BCUT2D eigenvalue weighted by atomic mass is 31.2. The average Bonchev–Trinajstić information content (AvgIpc) is 3.37. The van der Waals surface area contributed by atoms with Gasteiger partial charge in [-0.1, -0.05) is 280 Å². The Kier molecular flexibility index (Phi) is 55.5. The zero-order chi connectivity index (χ0) is 54.9. The van der Waals surface area contributed by atoms with Crippen LogP contribution in [0.1, 0.15) is 303 Å². The number of hydrogen-bond donors (Lipinski definition) is 2. The van der Waals surface area contributed by atoms with E-state index < -0.39 is 26.6 Å². The molecular weight excluding hydrogens is 948 g/mol. The Morgan fingerprint density at radius 2 is 0.787 bits per heavy atom. The van der Waals surface area contributed by atoms with Crippen molar-refractivity contribution in [1.82, 2.24) is 5.32 Å². The van der Waals surface area contributed by atoms with Crippen molar-refractivity contribution in [3.8, 4) is 0 Å². The van der Waals surface area contributed by atoms with Gasteiger partial charge in [-0.3, -0.25) is 9.36 Å². The van der Waals surface area contributed by atoms with E-state index in [4.69, 9.17) is 9.05 Å². The number of quaternary nitrogens is 1. The first kappa shape index (κ1) is 73.2. The van der Waals surface area contributed by atoms with Gasteiger partial charge in [0.05, 0.1) is 39.9 Å². The summed E-state index contributed by atoms with van der Waals surface area (Å²) in [6.07, 6.45) is 77.6. The molecule has 0 saturated heterocycles. The molecule has 0 spiro atoms. The molecule has 3 atom stereocenters. The van der Waals surface area contributed by atoms with E-state index in [1.165, 1.54) is 231 Å². The normalized spacial score (nSPS) is 14.2. The summed E-state index contributed by atoms with van der Waals surface area (Å²) in [4.78, 5) is 25.6. The number of phosphoric acid groups is 1. The zero-order valence-electron chi connectivity index (χ0n) is 50.3. The number of carbonyl (C=O) groups excluding carboxylic acids is 1. The summed E-state index contributed by atoms with van der Waals surface area (Å²) in [5, 5.41) is 13.9. The Balaban J connectivity index is 4.20. The molecule has 75 heavy (non-hydrogen) atoms. The fraction of sp³-hybridized carbons (Fsp3) is 0.833. The van der Waals surface area contributed by atoms with Gasteiger partial charge in [0.1, 0.15) is 13.2 Å². The van der Waals surface area contributed by atoms with Gasteiger partial charge in [-0.05, 0) is 77.0 Å². The van der Waals surface area contributed by atoms with E-state index in [2.05, 4.69) is 67.8 Å². The molecule has 0 aromatic heterocycles. The number of aliphatic hydroxyl groups excluding tert-OH is 1. The molecule has 0 heterocycles. The van der Waals surface area contributed by atoms with Crippen molar-refractivity contribution in [3.05, 3.63) is 60.8 Å². The highest BCUT2D eigenvalue weighted by Gasteiger charge is 2.23. The number of hydrogen-bond acceptors (Lipinski definition) is 6. The molecule has 0 bridgehead atoms. The molecule has 2 N–H and O–H groups in total. The zero-order valence-corrected chi connectivity index (χ0v) is 51.1. The second-order valence-electron chi connectivity index (χ2n) is 23.1. The lowest BCUT2D eigenvalue weighted by molar-refractivity contribution is -0.870. The largest absolute Gasteiger partial charge is 0.756 e. The number of aliphatic hydroxyl groups is 1. The molecule has 0 radical (unpaired) electrons. The molecule has 440 valence electrons. The maximum atomic E-state index is 13.0. The summed E-state index contributed by atoms with van der Waals surface area (Å²) >= 11 is 0. The molecule has 3 unspecified atom stereocenters. The highest BCUT2D eigenvalue weighted by Crippen LogP contribution is 2.38. The van der Waals surface area contributed by atoms with Crippen LogP contribution in [0.5, 0.6) is 0 Å². The monoisotopic (exact) mass is 1070 g/mol. The standard InChI is InChI=1S/C66H125N2O6P/c1-6-8-10-12-14-16-18-20-22-24-26-28-30-31-32-33-34-35-36-38-39-41-43-45-47-49-51-53-55-57-59-65(69)64(63-74-75(71,72)73-62-61-68(3,4)5)67-66(70)60-58-56-54-52-50-48-46-44-42-40-37-29-27-25-23-21-19-17-15-13-11-9-7-2/h19,21,25,27,41,43,49,51,57,59,64-65,69H,6-18,20,22-24,26,28-40,42,44-48,50,52-56,58,60-63H2,1-5H3,(H-,67,70,71,72)/b21-19-,27-25-,43-41+,51-49+,59-57+. The van der Waals surface area contributed by atoms with Crippen molar-refractivity contribution in [2.45, 2.75) is 315 Å². The van der Waals surface area contributed by atoms with Crippen molar-refractivity contribution >= 4 is 13.7 Å². The minimum absolute atomic E-state index is 0.0107. The first-order chi connectivity index (χ1) is 36.5. The van der Waals surface area contributed by atoms with E-state index in [1.54, 1.807) is 6.08 Å². The number of likely N-dealkylation sites (N-methyl/N-ethyl adjacent to an activating group) is 1. The van der Waals surface area contributed by atoms with Gasteiger partial charge in [-0.25, -0.2) is 0 Å². The van der Waals surface area contributed by atoms with Crippen LogP contribution < -0.4 is 10.2 Å². The smallest absolute Gasteiger partial charge is 0.268 e. The van der Waals surface area contributed by atoms with Crippen molar-refractivity contribution < 1.29 is 32.9 Å². The molecular formula is C66H125N2O6P. The van der Waals surface area contributed by atoms with E-state index in [9.17, 15) is 19.4 Å². The van der Waals surface area contributed by atoms with Crippen molar-refractivity contribution in [2.24, 2.45) is 0 Å². The maximum absolute atomic E-state index is 13.0. The third kappa shape index (κ3) is 59.7. The van der Waals surface area contributed by atoms with Crippen LogP contribution in [0.25, 0.3) is 0 Å². The van der Waals surface area contributed by atoms with Crippen LogP contribution in [0.4, 0.5) is 0 Å². The summed E-state index contributed by atoms with van der Waals surface area (Å²) in [5.41, 5.74) is 0. The molecule has 8 nitrogen and oxygen atoms in total. The first-order valence-electron chi connectivity index (χ1n) is 32.2. The molecule has 0 aliphatic carbocycles. The number of nitrogens with zero attached hydrogens (tertiary/aromatic N) is 1. The topological polar surface area (TPSA) is 108 Å². The fourth-order valence-corrected chi connectivity index (χ4v) is 10.1. The van der Waals surface area contributed by atoms with Crippen LogP contribution in [0.2, 0.25) is 0 Å². The van der Waals surface area contributed by atoms with E-state index in [0.717, 1.165) is 51.4 Å². The van der Waals surface area contributed by atoms with Crippen molar-refractivity contribution in [1.29, 1.82) is 0 Å². The minimum Gasteiger partial charge on any atom is -0.756 e. The molecule has 9 heteroatoms. The molecule has 0 aliphatic rings. The molecule has 0 aromatic rings. The van der Waals surface area contributed by atoms with Crippen LogP contribution in [0, 0.1) is 0 Å². The number of phosphoric ester groups is 1. The SMILES string of the molecule is CCCCCCC/C=C\C/C=C\CCCCCCCCCCCCCC(=O)NC(COP(=O)([O-])OCC[N+](C)(C)C)C(O)/C=C/CC/C=C/CC/C=C/CCCCCCCCCCCCCCCCCCCCCC. The van der Waals surface area contributed by atoms with E-state index >= 15 is 0 Å². The number of unbranched alkanes of at least 4 members (excludes halogenated alkanes) is 38. The fourth-order valence-electron chi connectivity index (χ4n) is 9.39.